The predicted molar refractivity (Wildman–Crippen MR) is 62.8 cm³/mol. The molecule has 1 saturated heterocycles. The summed E-state index contributed by atoms with van der Waals surface area (Å²) >= 11 is 0. The minimum absolute atomic E-state index is 0.0607. The Hall–Kier alpha value is -0.570. The average molecular weight is 212 g/mol. The fourth-order valence-electron chi connectivity index (χ4n) is 2.35. The highest BCUT2D eigenvalue weighted by Gasteiger charge is 2.34. The van der Waals surface area contributed by atoms with E-state index in [2.05, 4.69) is 37.9 Å². The summed E-state index contributed by atoms with van der Waals surface area (Å²) in [6.45, 7) is 9.42. The first-order valence-corrected chi connectivity index (χ1v) is 6.16. The monoisotopic (exact) mass is 212 g/mol. The first-order valence-electron chi connectivity index (χ1n) is 6.16. The second-order valence-corrected chi connectivity index (χ2v) is 4.66. The van der Waals surface area contributed by atoms with Crippen LogP contribution in [0.1, 0.15) is 47.0 Å². The minimum atomic E-state index is 0.0607. The molecule has 3 nitrogen and oxygen atoms in total. The van der Waals surface area contributed by atoms with Gasteiger partial charge in [0, 0.05) is 18.6 Å². The third kappa shape index (κ3) is 2.94. The van der Waals surface area contributed by atoms with Crippen molar-refractivity contribution in [2.75, 3.05) is 6.54 Å². The van der Waals surface area contributed by atoms with Gasteiger partial charge in [-0.1, -0.05) is 27.7 Å². The molecule has 0 aliphatic carbocycles. The molecule has 1 amide bonds. The summed E-state index contributed by atoms with van der Waals surface area (Å²) in [6, 6.07) is 0.891. The van der Waals surface area contributed by atoms with Gasteiger partial charge in [-0.05, 0) is 19.3 Å². The van der Waals surface area contributed by atoms with Gasteiger partial charge in [0.15, 0.2) is 0 Å². The average Bonchev–Trinajstić information content (AvgIpc) is 2.51. The molecule has 0 saturated carbocycles. The SMILES string of the molecule is CCC(CC)N1CCC(NC(C)C)C1=O. The molecular formula is C12H24N2O. The third-order valence-electron chi connectivity index (χ3n) is 3.16. The lowest BCUT2D eigenvalue weighted by Gasteiger charge is -2.26. The van der Waals surface area contributed by atoms with Crippen molar-refractivity contribution in [1.82, 2.24) is 10.2 Å². The zero-order chi connectivity index (χ0) is 11.4. The summed E-state index contributed by atoms with van der Waals surface area (Å²) in [5, 5.41) is 3.33. The summed E-state index contributed by atoms with van der Waals surface area (Å²) in [7, 11) is 0. The number of nitrogens with zero attached hydrogens (tertiary/aromatic N) is 1. The molecule has 0 aromatic carbocycles. The zero-order valence-electron chi connectivity index (χ0n) is 10.4. The number of rotatable bonds is 5. The van der Waals surface area contributed by atoms with Crippen LogP contribution in [0.15, 0.2) is 0 Å². The molecule has 0 radical (unpaired) electrons. The molecule has 1 aliphatic heterocycles. The van der Waals surface area contributed by atoms with Crippen LogP contribution in [0.3, 0.4) is 0 Å². The highest BCUT2D eigenvalue weighted by atomic mass is 16.2. The Morgan fingerprint density at radius 3 is 2.47 bits per heavy atom. The molecule has 1 rings (SSSR count). The van der Waals surface area contributed by atoms with Crippen LogP contribution in [0, 0.1) is 0 Å². The second-order valence-electron chi connectivity index (χ2n) is 4.66. The Morgan fingerprint density at radius 2 is 2.00 bits per heavy atom. The second kappa shape index (κ2) is 5.50. The van der Waals surface area contributed by atoms with Gasteiger partial charge in [-0.25, -0.2) is 0 Å². The lowest BCUT2D eigenvalue weighted by molar-refractivity contribution is -0.131. The standard InChI is InChI=1S/C12H24N2O/c1-5-10(6-2)14-8-7-11(12(14)15)13-9(3)4/h9-11,13H,5-8H2,1-4H3. The van der Waals surface area contributed by atoms with Crippen molar-refractivity contribution < 1.29 is 4.79 Å². The van der Waals surface area contributed by atoms with Gasteiger partial charge in [0.1, 0.15) is 0 Å². The van der Waals surface area contributed by atoms with Crippen molar-refractivity contribution in [2.45, 2.75) is 65.1 Å². The number of hydrogen-bond acceptors (Lipinski definition) is 2. The molecule has 1 atom stereocenters. The van der Waals surface area contributed by atoms with Gasteiger partial charge in [0.25, 0.3) is 0 Å². The topological polar surface area (TPSA) is 32.3 Å². The lowest BCUT2D eigenvalue weighted by atomic mass is 10.1. The zero-order valence-corrected chi connectivity index (χ0v) is 10.4. The molecule has 0 aromatic heterocycles. The summed E-state index contributed by atoms with van der Waals surface area (Å²) in [6.07, 6.45) is 3.10. The van der Waals surface area contributed by atoms with Crippen LogP contribution in [0.5, 0.6) is 0 Å². The van der Waals surface area contributed by atoms with Gasteiger partial charge in [-0.2, -0.15) is 0 Å². The van der Waals surface area contributed by atoms with E-state index >= 15 is 0 Å². The quantitative estimate of drug-likeness (QED) is 0.753. The van der Waals surface area contributed by atoms with Crippen LogP contribution in [0.2, 0.25) is 0 Å². The lowest BCUT2D eigenvalue weighted by Crippen LogP contribution is -2.44. The van der Waals surface area contributed by atoms with Gasteiger partial charge in [-0.15, -0.1) is 0 Å². The van der Waals surface area contributed by atoms with Crippen LogP contribution in [-0.2, 0) is 4.79 Å². The van der Waals surface area contributed by atoms with Crippen molar-refractivity contribution in [1.29, 1.82) is 0 Å². The maximum atomic E-state index is 12.1. The number of carbonyl (C=O) groups is 1. The minimum Gasteiger partial charge on any atom is -0.338 e. The molecule has 3 heteroatoms. The summed E-state index contributed by atoms with van der Waals surface area (Å²) < 4.78 is 0. The Morgan fingerprint density at radius 1 is 1.40 bits per heavy atom. The molecule has 15 heavy (non-hydrogen) atoms. The number of nitrogens with one attached hydrogen (secondary N) is 1. The van der Waals surface area contributed by atoms with E-state index in [-0.39, 0.29) is 6.04 Å². The summed E-state index contributed by atoms with van der Waals surface area (Å²) in [5.74, 6) is 0.303. The van der Waals surface area contributed by atoms with Gasteiger partial charge < -0.3 is 10.2 Å². The van der Waals surface area contributed by atoms with Crippen molar-refractivity contribution in [2.24, 2.45) is 0 Å². The van der Waals surface area contributed by atoms with E-state index in [0.29, 0.717) is 18.0 Å². The number of carbonyl (C=O) groups excluding carboxylic acids is 1. The van der Waals surface area contributed by atoms with E-state index in [0.717, 1.165) is 25.8 Å². The first kappa shape index (κ1) is 12.5. The first-order chi connectivity index (χ1) is 7.10. The highest BCUT2D eigenvalue weighted by molar-refractivity contribution is 5.84. The fourth-order valence-corrected chi connectivity index (χ4v) is 2.35. The molecule has 1 N–H and O–H groups in total. The summed E-state index contributed by atoms with van der Waals surface area (Å²) in [4.78, 5) is 14.1. The predicted octanol–water partition coefficient (Wildman–Crippen LogP) is 1.77. The Bertz CT molecular complexity index is 212. The number of likely N-dealkylation sites (tertiary alicyclic amines) is 1. The van der Waals surface area contributed by atoms with Crippen molar-refractivity contribution >= 4 is 5.91 Å². The Labute approximate surface area is 93.2 Å². The van der Waals surface area contributed by atoms with Gasteiger partial charge in [0.05, 0.1) is 6.04 Å². The molecule has 88 valence electrons. The van der Waals surface area contributed by atoms with Crippen molar-refractivity contribution in [3.05, 3.63) is 0 Å². The molecule has 0 spiro atoms. The van der Waals surface area contributed by atoms with Crippen LogP contribution >= 0.6 is 0 Å². The van der Waals surface area contributed by atoms with Crippen molar-refractivity contribution in [3.8, 4) is 0 Å². The highest BCUT2D eigenvalue weighted by Crippen LogP contribution is 2.18. The van der Waals surface area contributed by atoms with E-state index < -0.39 is 0 Å². The third-order valence-corrected chi connectivity index (χ3v) is 3.16. The maximum absolute atomic E-state index is 12.1. The maximum Gasteiger partial charge on any atom is 0.240 e. The van der Waals surface area contributed by atoms with E-state index in [9.17, 15) is 4.79 Å². The van der Waals surface area contributed by atoms with E-state index in [4.69, 9.17) is 0 Å². The number of amides is 1. The molecule has 1 fully saturated rings. The summed E-state index contributed by atoms with van der Waals surface area (Å²) in [5.41, 5.74) is 0. The van der Waals surface area contributed by atoms with Crippen molar-refractivity contribution in [3.63, 3.8) is 0 Å². The Balaban J connectivity index is 2.55. The van der Waals surface area contributed by atoms with Gasteiger partial charge >= 0.3 is 0 Å². The van der Waals surface area contributed by atoms with E-state index in [1.165, 1.54) is 0 Å². The van der Waals surface area contributed by atoms with Crippen LogP contribution in [0.25, 0.3) is 0 Å². The number of hydrogen-bond donors (Lipinski definition) is 1. The molecule has 1 unspecified atom stereocenters. The fraction of sp³-hybridized carbons (Fsp3) is 0.917. The Kier molecular flexibility index (Phi) is 4.58. The van der Waals surface area contributed by atoms with Crippen LogP contribution in [-0.4, -0.2) is 35.5 Å². The molecule has 1 heterocycles. The largest absolute Gasteiger partial charge is 0.338 e. The molecule has 1 aliphatic rings. The van der Waals surface area contributed by atoms with Crippen LogP contribution in [0.4, 0.5) is 0 Å². The van der Waals surface area contributed by atoms with Gasteiger partial charge in [-0.3, -0.25) is 4.79 Å². The van der Waals surface area contributed by atoms with Crippen LogP contribution < -0.4 is 5.32 Å². The smallest absolute Gasteiger partial charge is 0.240 e. The normalized spacial score (nSPS) is 22.1. The molecule has 0 aromatic rings. The van der Waals surface area contributed by atoms with Gasteiger partial charge in [0.2, 0.25) is 5.91 Å². The van der Waals surface area contributed by atoms with E-state index in [1.54, 1.807) is 0 Å². The molecular weight excluding hydrogens is 188 g/mol. The van der Waals surface area contributed by atoms with E-state index in [1.807, 2.05) is 0 Å². The molecule has 0 bridgehead atoms.